The van der Waals surface area contributed by atoms with Gasteiger partial charge in [-0.2, -0.15) is 0 Å². The smallest absolute Gasteiger partial charge is 0.316 e. The summed E-state index contributed by atoms with van der Waals surface area (Å²) in [5.41, 5.74) is 0. The van der Waals surface area contributed by atoms with Gasteiger partial charge in [-0.15, -0.1) is 0 Å². The molecular weight excluding hydrogens is 196 g/mol. The number of hydrogen-bond donors (Lipinski definition) is 0. The number of rotatable bonds is 4. The molecule has 84 valence electrons. The largest absolute Gasteiger partial charge is 0.465 e. The van der Waals surface area contributed by atoms with Crippen molar-refractivity contribution in [2.45, 2.75) is 26.7 Å². The van der Waals surface area contributed by atoms with Gasteiger partial charge in [0.15, 0.2) is 0 Å². The topological polar surface area (TPSA) is 60.4 Å². The van der Waals surface area contributed by atoms with Gasteiger partial charge in [0.25, 0.3) is 0 Å². The van der Waals surface area contributed by atoms with Crippen LogP contribution in [-0.4, -0.2) is 24.6 Å². The standard InChI is InChI=1S/C11H16O4/c1-3-8-7(6-12)5-9(13)10(8)11(14)15-4-2/h6-8,10H,3-5H2,1-2H3/t7-,8-,10+/m1/s1. The van der Waals surface area contributed by atoms with Crippen molar-refractivity contribution in [3.63, 3.8) is 0 Å². The monoisotopic (exact) mass is 212 g/mol. The molecule has 0 N–H and O–H groups in total. The summed E-state index contributed by atoms with van der Waals surface area (Å²) in [6.45, 7) is 3.85. The number of hydrogen-bond acceptors (Lipinski definition) is 4. The van der Waals surface area contributed by atoms with E-state index < -0.39 is 11.9 Å². The number of carbonyl (C=O) groups excluding carboxylic acids is 3. The zero-order valence-electron chi connectivity index (χ0n) is 9.06. The first-order chi connectivity index (χ1) is 7.15. The zero-order valence-corrected chi connectivity index (χ0v) is 9.06. The average molecular weight is 212 g/mol. The summed E-state index contributed by atoms with van der Waals surface area (Å²) in [4.78, 5) is 33.8. The van der Waals surface area contributed by atoms with Gasteiger partial charge < -0.3 is 9.53 Å². The molecule has 1 saturated carbocycles. The third kappa shape index (κ3) is 2.25. The molecule has 0 radical (unpaired) electrons. The van der Waals surface area contributed by atoms with Crippen molar-refractivity contribution in [1.29, 1.82) is 0 Å². The predicted molar refractivity (Wildman–Crippen MR) is 53.1 cm³/mol. The van der Waals surface area contributed by atoms with Crippen LogP contribution in [0.15, 0.2) is 0 Å². The summed E-state index contributed by atoms with van der Waals surface area (Å²) in [6.07, 6.45) is 1.62. The molecule has 1 aliphatic rings. The Balaban J connectivity index is 2.81. The second kappa shape index (κ2) is 5.05. The van der Waals surface area contributed by atoms with E-state index in [1.54, 1.807) is 6.92 Å². The molecule has 0 spiro atoms. The van der Waals surface area contributed by atoms with Crippen LogP contribution in [0.2, 0.25) is 0 Å². The van der Waals surface area contributed by atoms with E-state index in [0.29, 0.717) is 6.42 Å². The fourth-order valence-corrected chi connectivity index (χ4v) is 2.22. The minimum atomic E-state index is -0.717. The van der Waals surface area contributed by atoms with Crippen LogP contribution in [0.25, 0.3) is 0 Å². The van der Waals surface area contributed by atoms with Crippen LogP contribution in [0.3, 0.4) is 0 Å². The highest BCUT2D eigenvalue weighted by atomic mass is 16.5. The molecule has 0 saturated heterocycles. The van der Waals surface area contributed by atoms with Crippen molar-refractivity contribution in [2.24, 2.45) is 17.8 Å². The van der Waals surface area contributed by atoms with Crippen LogP contribution < -0.4 is 0 Å². The van der Waals surface area contributed by atoms with Gasteiger partial charge in [-0.25, -0.2) is 0 Å². The second-order valence-corrected chi connectivity index (χ2v) is 3.77. The summed E-state index contributed by atoms with van der Waals surface area (Å²) in [5, 5.41) is 0. The van der Waals surface area contributed by atoms with Crippen molar-refractivity contribution < 1.29 is 19.1 Å². The van der Waals surface area contributed by atoms with Crippen molar-refractivity contribution in [2.75, 3.05) is 6.61 Å². The Labute approximate surface area is 89.0 Å². The highest BCUT2D eigenvalue weighted by molar-refractivity contribution is 6.02. The lowest BCUT2D eigenvalue weighted by Gasteiger charge is -2.17. The molecule has 0 aliphatic heterocycles. The first-order valence-electron chi connectivity index (χ1n) is 5.30. The molecule has 0 bridgehead atoms. The van der Waals surface area contributed by atoms with Crippen molar-refractivity contribution in [3.05, 3.63) is 0 Å². The van der Waals surface area contributed by atoms with Gasteiger partial charge in [0, 0.05) is 12.3 Å². The van der Waals surface area contributed by atoms with Gasteiger partial charge in [0.05, 0.1) is 6.61 Å². The molecule has 4 nitrogen and oxygen atoms in total. The Hall–Kier alpha value is -1.19. The maximum absolute atomic E-state index is 11.6. The molecule has 0 heterocycles. The normalized spacial score (nSPS) is 30.3. The van der Waals surface area contributed by atoms with Crippen LogP contribution in [0.5, 0.6) is 0 Å². The van der Waals surface area contributed by atoms with E-state index in [1.807, 2.05) is 6.92 Å². The van der Waals surface area contributed by atoms with E-state index in [9.17, 15) is 14.4 Å². The maximum Gasteiger partial charge on any atom is 0.316 e. The van der Waals surface area contributed by atoms with E-state index in [2.05, 4.69) is 0 Å². The van der Waals surface area contributed by atoms with Crippen molar-refractivity contribution in [3.8, 4) is 0 Å². The Morgan fingerprint density at radius 1 is 1.53 bits per heavy atom. The molecule has 1 rings (SSSR count). The first kappa shape index (κ1) is 11.9. The summed E-state index contributed by atoms with van der Waals surface area (Å²) in [7, 11) is 0. The average Bonchev–Trinajstić information content (AvgIpc) is 2.54. The number of esters is 1. The van der Waals surface area contributed by atoms with Crippen molar-refractivity contribution >= 4 is 18.0 Å². The van der Waals surface area contributed by atoms with Crippen LogP contribution in [0, 0.1) is 17.8 Å². The highest BCUT2D eigenvalue weighted by Gasteiger charge is 2.46. The first-order valence-corrected chi connectivity index (χ1v) is 5.30. The second-order valence-electron chi connectivity index (χ2n) is 3.77. The predicted octanol–water partition coefficient (Wildman–Crippen LogP) is 0.980. The molecule has 15 heavy (non-hydrogen) atoms. The van der Waals surface area contributed by atoms with Crippen molar-refractivity contribution in [1.82, 2.24) is 0 Å². The zero-order chi connectivity index (χ0) is 11.4. The lowest BCUT2D eigenvalue weighted by Crippen LogP contribution is -2.28. The summed E-state index contributed by atoms with van der Waals surface area (Å²) in [5.74, 6) is -1.83. The minimum absolute atomic E-state index is 0.155. The van der Waals surface area contributed by atoms with Gasteiger partial charge >= 0.3 is 5.97 Å². The lowest BCUT2D eigenvalue weighted by atomic mass is 9.88. The Morgan fingerprint density at radius 3 is 2.67 bits per heavy atom. The van der Waals surface area contributed by atoms with Gasteiger partial charge in [-0.3, -0.25) is 9.59 Å². The number of Topliss-reactive ketones (excluding diaryl/α,β-unsaturated/α-hetero) is 1. The maximum atomic E-state index is 11.6. The van der Waals surface area contributed by atoms with E-state index in [-0.39, 0.29) is 30.6 Å². The Morgan fingerprint density at radius 2 is 2.20 bits per heavy atom. The molecule has 3 atom stereocenters. The molecule has 0 aromatic heterocycles. The summed E-state index contributed by atoms with van der Waals surface area (Å²) < 4.78 is 4.85. The Bertz CT molecular complexity index is 272. The van der Waals surface area contributed by atoms with Crippen LogP contribution in [0.1, 0.15) is 26.7 Å². The summed E-state index contributed by atoms with van der Waals surface area (Å²) >= 11 is 0. The quantitative estimate of drug-likeness (QED) is 0.396. The fraction of sp³-hybridized carbons (Fsp3) is 0.727. The van der Waals surface area contributed by atoms with E-state index in [4.69, 9.17) is 4.74 Å². The molecule has 0 aromatic carbocycles. The number of aldehydes is 1. The SMILES string of the molecule is CCOC(=O)[C@@H]1C(=O)C[C@H](C=O)[C@H]1CC. The third-order valence-electron chi connectivity index (χ3n) is 2.95. The Kier molecular flexibility index (Phi) is 4.00. The van der Waals surface area contributed by atoms with Gasteiger partial charge in [0.1, 0.15) is 18.0 Å². The van der Waals surface area contributed by atoms with Gasteiger partial charge in [-0.05, 0) is 12.8 Å². The van der Waals surface area contributed by atoms with Crippen LogP contribution in [-0.2, 0) is 19.1 Å². The van der Waals surface area contributed by atoms with Crippen LogP contribution in [0.4, 0.5) is 0 Å². The molecule has 4 heteroatoms. The molecular formula is C11H16O4. The number of ether oxygens (including phenoxy) is 1. The van der Waals surface area contributed by atoms with E-state index in [1.165, 1.54) is 0 Å². The number of carbonyl (C=O) groups is 3. The molecule has 0 unspecified atom stereocenters. The highest BCUT2D eigenvalue weighted by Crippen LogP contribution is 2.36. The van der Waals surface area contributed by atoms with E-state index in [0.717, 1.165) is 6.29 Å². The number of ketones is 1. The van der Waals surface area contributed by atoms with Gasteiger partial charge in [0.2, 0.25) is 0 Å². The van der Waals surface area contributed by atoms with E-state index >= 15 is 0 Å². The minimum Gasteiger partial charge on any atom is -0.465 e. The lowest BCUT2D eigenvalue weighted by molar-refractivity contribution is -0.152. The third-order valence-corrected chi connectivity index (χ3v) is 2.95. The van der Waals surface area contributed by atoms with Gasteiger partial charge in [-0.1, -0.05) is 13.3 Å². The molecule has 1 aliphatic carbocycles. The molecule has 0 aromatic rings. The molecule has 1 fully saturated rings. The summed E-state index contributed by atoms with van der Waals surface area (Å²) in [6, 6.07) is 0. The molecule has 0 amide bonds. The fourth-order valence-electron chi connectivity index (χ4n) is 2.22. The van der Waals surface area contributed by atoms with Crippen LogP contribution >= 0.6 is 0 Å².